The van der Waals surface area contributed by atoms with Gasteiger partial charge >= 0.3 is 18.5 Å². The van der Waals surface area contributed by atoms with Gasteiger partial charge in [-0.05, 0) is 77.9 Å². The van der Waals surface area contributed by atoms with Gasteiger partial charge in [-0.1, -0.05) is 36.4 Å². The quantitative estimate of drug-likeness (QED) is 0.111. The molecule has 16 heteroatoms. The molecule has 0 aliphatic carbocycles. The summed E-state index contributed by atoms with van der Waals surface area (Å²) in [6.45, 7) is 12.4. The van der Waals surface area contributed by atoms with Crippen LogP contribution in [0.1, 0.15) is 58.2 Å². The molecule has 0 amide bonds. The van der Waals surface area contributed by atoms with E-state index in [2.05, 4.69) is 114 Å². The van der Waals surface area contributed by atoms with Crippen LogP contribution in [0.25, 0.3) is 0 Å². The zero-order valence-electron chi connectivity index (χ0n) is 27.9. The highest BCUT2D eigenvalue weighted by molar-refractivity contribution is 7.97. The van der Waals surface area contributed by atoms with Crippen LogP contribution in [-0.4, -0.2) is 24.2 Å². The minimum absolute atomic E-state index is 0.252. The fraction of sp³-hybridized carbons (Fsp3) is 0.314. The first kappa shape index (κ1) is 41.5. The third-order valence-electron chi connectivity index (χ3n) is 6.17. The van der Waals surface area contributed by atoms with E-state index in [1.807, 2.05) is 6.07 Å². The van der Waals surface area contributed by atoms with Gasteiger partial charge in [0.05, 0.1) is 32.5 Å². The van der Waals surface area contributed by atoms with Crippen LogP contribution in [0.2, 0.25) is 0 Å². The van der Waals surface area contributed by atoms with E-state index in [9.17, 15) is 52.5 Å². The van der Waals surface area contributed by atoms with Crippen LogP contribution in [0.5, 0.6) is 11.5 Å². The average molecular weight is 769 g/mol. The second-order valence-electron chi connectivity index (χ2n) is 12.8. The van der Waals surface area contributed by atoms with Crippen molar-refractivity contribution in [3.63, 3.8) is 0 Å². The minimum atomic E-state index is -6.35. The number of hydrogen-bond acceptors (Lipinski definition) is 5. The average Bonchev–Trinajstić information content (AvgIpc) is 2.94. The Morgan fingerprint density at radius 2 is 0.882 bits per heavy atom. The van der Waals surface area contributed by atoms with Crippen LogP contribution in [0.3, 0.4) is 0 Å². The van der Waals surface area contributed by atoms with E-state index in [0.717, 1.165) is 11.5 Å². The normalized spacial score (nSPS) is 13.0. The SMILES string of the molecule is CC(C)(C)Oc1cc(OC(C)(C)C)cc([S+](c2ccccc2)c2ccccc2)c1.O=S(=O)([O-])c1c(C(F)(F)F)cc(C(F)(F)F)cc1C(F)(F)F. The van der Waals surface area contributed by atoms with Crippen LogP contribution in [0.15, 0.2) is 111 Å². The molecule has 5 nitrogen and oxygen atoms in total. The highest BCUT2D eigenvalue weighted by Crippen LogP contribution is 2.45. The smallest absolute Gasteiger partial charge is 0.417 e. The molecule has 0 heterocycles. The van der Waals surface area contributed by atoms with E-state index in [-0.39, 0.29) is 22.1 Å². The van der Waals surface area contributed by atoms with Gasteiger partial charge in [0, 0.05) is 18.2 Å². The van der Waals surface area contributed by atoms with Crippen molar-refractivity contribution < 1.29 is 62.0 Å². The Hall–Kier alpha value is -3.89. The second-order valence-corrected chi connectivity index (χ2v) is 16.2. The fourth-order valence-electron chi connectivity index (χ4n) is 4.49. The Labute approximate surface area is 292 Å². The maximum absolute atomic E-state index is 12.6. The van der Waals surface area contributed by atoms with Crippen molar-refractivity contribution in [2.24, 2.45) is 0 Å². The van der Waals surface area contributed by atoms with Gasteiger partial charge in [0.15, 0.2) is 14.7 Å². The molecule has 51 heavy (non-hydrogen) atoms. The molecule has 0 spiro atoms. The first-order chi connectivity index (χ1) is 23.1. The zero-order chi connectivity index (χ0) is 38.8. The summed E-state index contributed by atoms with van der Waals surface area (Å²) in [7, 11) is -6.60. The summed E-state index contributed by atoms with van der Waals surface area (Å²) in [5, 5.41) is 0. The molecule has 0 radical (unpaired) electrons. The molecule has 0 bridgehead atoms. The number of benzene rings is 4. The van der Waals surface area contributed by atoms with Crippen LogP contribution < -0.4 is 9.47 Å². The molecule has 0 saturated heterocycles. The lowest BCUT2D eigenvalue weighted by Crippen LogP contribution is -2.24. The first-order valence-electron chi connectivity index (χ1n) is 14.8. The van der Waals surface area contributed by atoms with Gasteiger partial charge in [-0.3, -0.25) is 0 Å². The molecule has 0 saturated carbocycles. The predicted octanol–water partition coefficient (Wildman–Crippen LogP) is 10.8. The fourth-order valence-corrected chi connectivity index (χ4v) is 7.52. The van der Waals surface area contributed by atoms with Gasteiger partial charge in [0.2, 0.25) is 0 Å². The number of ether oxygens (including phenoxy) is 2. The zero-order valence-corrected chi connectivity index (χ0v) is 29.6. The van der Waals surface area contributed by atoms with Gasteiger partial charge in [0.1, 0.15) is 32.8 Å². The summed E-state index contributed by atoms with van der Waals surface area (Å²) in [5.41, 5.74) is -8.61. The van der Waals surface area contributed by atoms with Gasteiger partial charge in [-0.15, -0.1) is 0 Å². The summed E-state index contributed by atoms with van der Waals surface area (Å²) in [4.78, 5) is 0.936. The molecule has 0 unspecified atom stereocenters. The van der Waals surface area contributed by atoms with Gasteiger partial charge in [0.25, 0.3) is 0 Å². The van der Waals surface area contributed by atoms with E-state index in [4.69, 9.17) is 9.47 Å². The van der Waals surface area contributed by atoms with E-state index in [1.165, 1.54) is 14.7 Å². The van der Waals surface area contributed by atoms with Crippen LogP contribution in [-0.2, 0) is 39.5 Å². The Balaban J connectivity index is 0.000000287. The van der Waals surface area contributed by atoms with E-state index >= 15 is 0 Å². The third-order valence-corrected chi connectivity index (χ3v) is 9.31. The number of rotatable bonds is 6. The molecule has 0 fully saturated rings. The summed E-state index contributed by atoms with van der Waals surface area (Å²) in [6, 6.07) is 25.9. The molecule has 4 aromatic rings. The van der Waals surface area contributed by atoms with Crippen molar-refractivity contribution in [3.05, 3.63) is 108 Å². The summed E-state index contributed by atoms with van der Waals surface area (Å²) < 4.78 is 157. The van der Waals surface area contributed by atoms with Crippen molar-refractivity contribution in [3.8, 4) is 11.5 Å². The largest absolute Gasteiger partial charge is 0.744 e. The van der Waals surface area contributed by atoms with E-state index in [1.54, 1.807) is 0 Å². The Morgan fingerprint density at radius 1 is 0.529 bits per heavy atom. The lowest BCUT2D eigenvalue weighted by molar-refractivity contribution is -0.152. The summed E-state index contributed by atoms with van der Waals surface area (Å²) in [5.74, 6) is 1.66. The van der Waals surface area contributed by atoms with Crippen molar-refractivity contribution >= 4 is 21.0 Å². The van der Waals surface area contributed by atoms with Crippen molar-refractivity contribution in [1.82, 2.24) is 0 Å². The molecule has 278 valence electrons. The molecule has 0 aromatic heterocycles. The van der Waals surface area contributed by atoms with Gasteiger partial charge in [-0.2, -0.15) is 39.5 Å². The lowest BCUT2D eigenvalue weighted by Gasteiger charge is -2.25. The number of alkyl halides is 9. The third kappa shape index (κ3) is 12.1. The first-order valence-corrected chi connectivity index (χ1v) is 17.4. The monoisotopic (exact) mass is 768 g/mol. The van der Waals surface area contributed by atoms with Gasteiger partial charge in [-0.25, -0.2) is 8.42 Å². The lowest BCUT2D eigenvalue weighted by atomic mass is 10.0. The van der Waals surface area contributed by atoms with Crippen molar-refractivity contribution in [2.75, 3.05) is 0 Å². The van der Waals surface area contributed by atoms with Gasteiger partial charge < -0.3 is 14.0 Å². The molecule has 4 aromatic carbocycles. The molecule has 0 aliphatic heterocycles. The minimum Gasteiger partial charge on any atom is -0.744 e. The standard InChI is InChI=1S/C26H31O2S.C9H3F9O3S/c1-25(2,3)27-20-17-21(28-26(4,5)6)19-24(18-20)29(22-13-9-7-10-14-22)23-15-11-8-12-16-23;10-7(11,12)3-1-4(8(13,14)15)6(22(19,20)21)5(2-3)9(16,17)18/h7-19H,1-6H3;1-2H,(H,19,20,21)/q+1;/p-1. The summed E-state index contributed by atoms with van der Waals surface area (Å²) >= 11 is 0. The van der Waals surface area contributed by atoms with Crippen molar-refractivity contribution in [1.29, 1.82) is 0 Å². The Kier molecular flexibility index (Phi) is 12.2. The predicted molar refractivity (Wildman–Crippen MR) is 172 cm³/mol. The summed E-state index contributed by atoms with van der Waals surface area (Å²) in [6.07, 6.45) is -17.5. The van der Waals surface area contributed by atoms with Crippen LogP contribution >= 0.6 is 0 Å². The molecule has 4 rings (SSSR count). The second kappa shape index (κ2) is 15.0. The molecule has 0 N–H and O–H groups in total. The van der Waals surface area contributed by atoms with Crippen LogP contribution in [0.4, 0.5) is 39.5 Å². The molecular formula is C35H33F9O5S2. The van der Waals surface area contributed by atoms with E-state index < -0.39 is 62.4 Å². The topological polar surface area (TPSA) is 75.7 Å². The van der Waals surface area contributed by atoms with Crippen molar-refractivity contribution in [2.45, 2.75) is 90.9 Å². The Bertz CT molecular complexity index is 1790. The molecule has 0 aliphatic rings. The molecule has 0 atom stereocenters. The number of halogens is 9. The number of hydrogen-bond donors (Lipinski definition) is 0. The maximum Gasteiger partial charge on any atom is 0.417 e. The molecular weight excluding hydrogens is 735 g/mol. The van der Waals surface area contributed by atoms with Crippen LogP contribution in [0, 0.1) is 0 Å². The highest BCUT2D eigenvalue weighted by atomic mass is 32.2. The highest BCUT2D eigenvalue weighted by Gasteiger charge is 2.46. The van der Waals surface area contributed by atoms with E-state index in [0.29, 0.717) is 0 Å². The maximum atomic E-state index is 12.6. The Morgan fingerprint density at radius 3 is 1.16 bits per heavy atom.